The van der Waals surface area contributed by atoms with Crippen molar-refractivity contribution < 1.29 is 19.4 Å². The van der Waals surface area contributed by atoms with Gasteiger partial charge < -0.3 is 15.6 Å². The van der Waals surface area contributed by atoms with E-state index in [1.807, 2.05) is 20.8 Å². The monoisotopic (exact) mass is 302 g/mol. The molecule has 0 saturated carbocycles. The number of nitrogens with one attached hydrogen (secondary N) is 1. The highest BCUT2D eigenvalue weighted by Gasteiger charge is 2.50. The summed E-state index contributed by atoms with van der Waals surface area (Å²) in [6.07, 6.45) is 1.33. The van der Waals surface area contributed by atoms with Gasteiger partial charge in [0.05, 0.1) is 0 Å². The third-order valence-corrected chi connectivity index (χ3v) is 2.71. The second-order valence-electron chi connectivity index (χ2n) is 7.33. The fraction of sp³-hybridized carbons (Fsp3) is 0.867. The van der Waals surface area contributed by atoms with Crippen molar-refractivity contribution in [1.29, 1.82) is 0 Å². The first-order chi connectivity index (χ1) is 9.34. The summed E-state index contributed by atoms with van der Waals surface area (Å²) in [5.74, 6) is -1.97. The van der Waals surface area contributed by atoms with Crippen molar-refractivity contribution >= 4 is 11.9 Å². The minimum Gasteiger partial charge on any atom is -0.479 e. The number of carboxylic acids is 1. The zero-order valence-corrected chi connectivity index (χ0v) is 14.1. The van der Waals surface area contributed by atoms with E-state index in [0.29, 0.717) is 19.4 Å². The highest BCUT2D eigenvalue weighted by Crippen LogP contribution is 2.24. The molecule has 0 bridgehead atoms. The molecule has 1 atom stereocenters. The van der Waals surface area contributed by atoms with Gasteiger partial charge in [-0.25, -0.2) is 9.59 Å². The maximum atomic E-state index is 12.5. The van der Waals surface area contributed by atoms with Gasteiger partial charge in [0.15, 0.2) is 0 Å². The van der Waals surface area contributed by atoms with Gasteiger partial charge in [-0.05, 0) is 67.3 Å². The van der Waals surface area contributed by atoms with Gasteiger partial charge in [0.25, 0.3) is 0 Å². The fourth-order valence-electron chi connectivity index (χ4n) is 2.00. The lowest BCUT2D eigenvalue weighted by Gasteiger charge is -2.37. The van der Waals surface area contributed by atoms with E-state index >= 15 is 0 Å². The van der Waals surface area contributed by atoms with Crippen LogP contribution in [0.1, 0.15) is 60.8 Å². The number of rotatable bonds is 7. The molecular weight excluding hydrogens is 272 g/mol. The maximum absolute atomic E-state index is 12.5. The molecule has 124 valence electrons. The Bertz CT molecular complexity index is 369. The van der Waals surface area contributed by atoms with Crippen molar-refractivity contribution in [1.82, 2.24) is 5.32 Å². The van der Waals surface area contributed by atoms with Crippen molar-refractivity contribution in [2.45, 2.75) is 77.5 Å². The van der Waals surface area contributed by atoms with Crippen LogP contribution in [0.5, 0.6) is 0 Å². The van der Waals surface area contributed by atoms with Gasteiger partial charge in [0, 0.05) is 5.54 Å². The second-order valence-corrected chi connectivity index (χ2v) is 7.33. The number of carbonyl (C=O) groups excluding carboxylic acids is 1. The summed E-state index contributed by atoms with van der Waals surface area (Å²) >= 11 is 0. The van der Waals surface area contributed by atoms with E-state index in [1.54, 1.807) is 20.8 Å². The predicted octanol–water partition coefficient (Wildman–Crippen LogP) is 1.67. The Morgan fingerprint density at radius 3 is 1.95 bits per heavy atom. The Morgan fingerprint density at radius 2 is 1.62 bits per heavy atom. The number of ether oxygens (including phenoxy) is 1. The van der Waals surface area contributed by atoms with Gasteiger partial charge in [0.2, 0.25) is 5.54 Å². The van der Waals surface area contributed by atoms with Crippen LogP contribution >= 0.6 is 0 Å². The molecular formula is C15H30N2O4. The lowest BCUT2D eigenvalue weighted by molar-refractivity contribution is -0.173. The van der Waals surface area contributed by atoms with Gasteiger partial charge >= 0.3 is 11.9 Å². The fourth-order valence-corrected chi connectivity index (χ4v) is 2.00. The van der Waals surface area contributed by atoms with Gasteiger partial charge in [-0.2, -0.15) is 0 Å². The molecule has 4 N–H and O–H groups in total. The number of carboxylic acid groups (broad SMARTS) is 1. The Kier molecular flexibility index (Phi) is 6.83. The van der Waals surface area contributed by atoms with E-state index in [0.717, 1.165) is 0 Å². The topological polar surface area (TPSA) is 102 Å². The highest BCUT2D eigenvalue weighted by molar-refractivity contribution is 6.04. The predicted molar refractivity (Wildman–Crippen MR) is 82.0 cm³/mol. The third kappa shape index (κ3) is 6.91. The van der Waals surface area contributed by atoms with Crippen LogP contribution in [0, 0.1) is 0 Å². The average molecular weight is 302 g/mol. The minimum atomic E-state index is -1.75. The van der Waals surface area contributed by atoms with Crippen LogP contribution < -0.4 is 11.1 Å². The number of hydrogen-bond acceptors (Lipinski definition) is 5. The number of carbonyl (C=O) groups is 2. The largest absolute Gasteiger partial charge is 0.479 e. The van der Waals surface area contributed by atoms with Crippen LogP contribution in [-0.4, -0.2) is 40.3 Å². The van der Waals surface area contributed by atoms with Gasteiger partial charge in [0.1, 0.15) is 5.60 Å². The second kappa shape index (κ2) is 7.22. The summed E-state index contributed by atoms with van der Waals surface area (Å²) in [6, 6.07) is 0. The van der Waals surface area contributed by atoms with Crippen LogP contribution in [0.2, 0.25) is 0 Å². The third-order valence-electron chi connectivity index (χ3n) is 2.71. The summed E-state index contributed by atoms with van der Waals surface area (Å²) in [4.78, 5) is 24.3. The van der Waals surface area contributed by atoms with Crippen molar-refractivity contribution in [2.24, 2.45) is 5.73 Å². The van der Waals surface area contributed by atoms with Crippen LogP contribution in [0.4, 0.5) is 0 Å². The molecule has 6 nitrogen and oxygen atoms in total. The zero-order valence-electron chi connectivity index (χ0n) is 14.1. The molecule has 0 aliphatic rings. The summed E-state index contributed by atoms with van der Waals surface area (Å²) < 4.78 is 5.33. The normalized spacial score (nSPS) is 15.4. The molecule has 0 rings (SSSR count). The number of esters is 1. The van der Waals surface area contributed by atoms with Crippen molar-refractivity contribution in [3.05, 3.63) is 0 Å². The first-order valence-electron chi connectivity index (χ1n) is 7.30. The molecule has 0 spiro atoms. The van der Waals surface area contributed by atoms with Gasteiger partial charge in [-0.1, -0.05) is 0 Å². The van der Waals surface area contributed by atoms with E-state index in [2.05, 4.69) is 5.32 Å². The average Bonchev–Trinajstić information content (AvgIpc) is 2.23. The van der Waals surface area contributed by atoms with Crippen LogP contribution in [-0.2, 0) is 14.3 Å². The summed E-state index contributed by atoms with van der Waals surface area (Å²) in [5.41, 5.74) is 2.42. The Balaban J connectivity index is 5.46. The van der Waals surface area contributed by atoms with E-state index in [-0.39, 0.29) is 6.42 Å². The summed E-state index contributed by atoms with van der Waals surface area (Å²) in [6.45, 7) is 11.1. The Hall–Kier alpha value is -1.14. The van der Waals surface area contributed by atoms with E-state index < -0.39 is 28.6 Å². The molecule has 0 fully saturated rings. The quantitative estimate of drug-likeness (QED) is 0.375. The number of unbranched alkanes of at least 4 members (excludes halogenated alkanes) is 1. The molecule has 0 amide bonds. The van der Waals surface area contributed by atoms with Crippen LogP contribution in [0.15, 0.2) is 0 Å². The summed E-state index contributed by atoms with van der Waals surface area (Å²) in [7, 11) is 0. The highest BCUT2D eigenvalue weighted by atomic mass is 16.6. The summed E-state index contributed by atoms with van der Waals surface area (Å²) in [5, 5.41) is 12.6. The number of nitrogens with two attached hydrogens (primary N) is 1. The Morgan fingerprint density at radius 1 is 1.10 bits per heavy atom. The number of hydrogen-bond donors (Lipinski definition) is 3. The zero-order chi connectivity index (χ0) is 16.9. The minimum absolute atomic E-state index is 0.145. The molecule has 0 unspecified atom stereocenters. The molecule has 0 aromatic rings. The van der Waals surface area contributed by atoms with Gasteiger partial charge in [-0.3, -0.25) is 5.32 Å². The van der Waals surface area contributed by atoms with Crippen LogP contribution in [0.25, 0.3) is 0 Å². The standard InChI is InChI=1S/C15H30N2O4/c1-13(2,3)17-15(11(18)19,9-7-8-10-16)12(20)21-14(4,5)6/h17H,7-10,16H2,1-6H3,(H,18,19)/t15-/m0/s1. The molecule has 21 heavy (non-hydrogen) atoms. The van der Waals surface area contributed by atoms with E-state index in [1.165, 1.54) is 0 Å². The van der Waals surface area contributed by atoms with E-state index in [9.17, 15) is 14.7 Å². The van der Waals surface area contributed by atoms with E-state index in [4.69, 9.17) is 10.5 Å². The Labute approximate surface area is 127 Å². The first-order valence-corrected chi connectivity index (χ1v) is 7.30. The lowest BCUT2D eigenvalue weighted by atomic mass is 9.89. The molecule has 0 aliphatic heterocycles. The van der Waals surface area contributed by atoms with Crippen LogP contribution in [0.3, 0.4) is 0 Å². The maximum Gasteiger partial charge on any atom is 0.338 e. The number of aliphatic carboxylic acids is 1. The molecule has 0 aromatic carbocycles. The first kappa shape index (κ1) is 19.9. The molecule has 0 radical (unpaired) electrons. The molecule has 0 saturated heterocycles. The smallest absolute Gasteiger partial charge is 0.338 e. The molecule has 0 heterocycles. The van der Waals surface area contributed by atoms with Crippen molar-refractivity contribution in [3.8, 4) is 0 Å². The lowest BCUT2D eigenvalue weighted by Crippen LogP contribution is -2.65. The molecule has 0 aliphatic carbocycles. The molecule has 0 aromatic heterocycles. The van der Waals surface area contributed by atoms with Crippen molar-refractivity contribution in [2.75, 3.05) is 6.54 Å². The van der Waals surface area contributed by atoms with Crippen molar-refractivity contribution in [3.63, 3.8) is 0 Å². The van der Waals surface area contributed by atoms with Gasteiger partial charge in [-0.15, -0.1) is 0 Å². The SMILES string of the molecule is CC(C)(C)N[C@@](CCCCN)(C(=O)O)C(=O)OC(C)(C)C. The molecule has 6 heteroatoms.